The summed E-state index contributed by atoms with van der Waals surface area (Å²) in [6, 6.07) is 11.7. The lowest BCUT2D eigenvalue weighted by Gasteiger charge is -2.34. The molecule has 1 aliphatic heterocycles. The van der Waals surface area contributed by atoms with Crippen molar-refractivity contribution in [1.29, 1.82) is 0 Å². The molecule has 198 valence electrons. The Balaban J connectivity index is 1.44. The van der Waals surface area contributed by atoms with E-state index in [1.165, 1.54) is 17.5 Å². The van der Waals surface area contributed by atoms with Crippen molar-refractivity contribution >= 4 is 71.5 Å². The van der Waals surface area contributed by atoms with Crippen molar-refractivity contribution in [1.82, 2.24) is 24.8 Å². The fraction of sp³-hybridized carbons (Fsp3) is 0.280. The normalized spacial score (nSPS) is 14.5. The largest absolute Gasteiger partial charge is 0.369 e. The Hall–Kier alpha value is -3.55. The fourth-order valence-corrected chi connectivity index (χ4v) is 5.03. The number of sulfonamides is 1. The monoisotopic (exact) mass is 597 g/mol. The topological polar surface area (TPSA) is 119 Å². The Labute approximate surface area is 230 Å². The first kappa shape index (κ1) is 26.1. The van der Waals surface area contributed by atoms with Crippen LogP contribution < -0.4 is 19.8 Å². The lowest BCUT2D eigenvalue weighted by atomic mass is 10.2. The second kappa shape index (κ2) is 10.7. The highest BCUT2D eigenvalue weighted by atomic mass is 79.9. The Morgan fingerprint density at radius 2 is 1.76 bits per heavy atom. The second-order valence-corrected chi connectivity index (χ2v) is 12.0. The van der Waals surface area contributed by atoms with Crippen LogP contribution in [-0.2, 0) is 10.0 Å². The van der Waals surface area contributed by atoms with Crippen molar-refractivity contribution in [3.8, 4) is 0 Å². The van der Waals surface area contributed by atoms with Gasteiger partial charge in [0.05, 0.1) is 21.9 Å². The number of benzene rings is 2. The SMILES string of the molecule is CN1CCN(c2cccc(Nc3ncc(Br)c(Nc4ccc5nccnc5c4N(C)S(C)(=O)=O)n3)c2)CC1. The van der Waals surface area contributed by atoms with Gasteiger partial charge in [-0.05, 0) is 53.3 Å². The van der Waals surface area contributed by atoms with Gasteiger partial charge < -0.3 is 20.4 Å². The minimum absolute atomic E-state index is 0.373. The molecule has 0 amide bonds. The van der Waals surface area contributed by atoms with E-state index in [0.717, 1.165) is 43.8 Å². The molecule has 2 aromatic heterocycles. The molecule has 13 heteroatoms. The van der Waals surface area contributed by atoms with Crippen LogP contribution in [0.15, 0.2) is 59.5 Å². The van der Waals surface area contributed by atoms with Crippen molar-refractivity contribution in [2.75, 3.05) is 66.4 Å². The average Bonchev–Trinajstić information content (AvgIpc) is 2.90. The van der Waals surface area contributed by atoms with E-state index in [2.05, 4.69) is 75.5 Å². The summed E-state index contributed by atoms with van der Waals surface area (Å²) in [5.41, 5.74) is 3.92. The minimum Gasteiger partial charge on any atom is -0.369 e. The number of fused-ring (bicyclic) bond motifs is 1. The maximum absolute atomic E-state index is 12.5. The Kier molecular flexibility index (Phi) is 7.32. The van der Waals surface area contributed by atoms with Gasteiger partial charge in [-0.1, -0.05) is 6.07 Å². The summed E-state index contributed by atoms with van der Waals surface area (Å²) in [6.07, 6.45) is 5.88. The number of nitrogens with one attached hydrogen (secondary N) is 2. The molecule has 0 aliphatic carbocycles. The standard InChI is InChI=1S/C25H28BrN9O2S/c1-33-11-13-35(14-12-33)18-6-4-5-17(15-18)30-25-29-16-19(26)24(32-25)31-21-8-7-20-22(28-10-9-27-20)23(21)34(2)38(3,36)37/h4-10,15-16H,11-14H2,1-3H3,(H2,29,30,31,32). The van der Waals surface area contributed by atoms with Gasteiger partial charge in [0.1, 0.15) is 17.0 Å². The summed E-state index contributed by atoms with van der Waals surface area (Å²) in [7, 11) is 0.0481. The zero-order chi connectivity index (χ0) is 26.9. The van der Waals surface area contributed by atoms with Crippen LogP contribution >= 0.6 is 15.9 Å². The predicted molar refractivity (Wildman–Crippen MR) is 155 cm³/mol. The minimum atomic E-state index is -3.58. The van der Waals surface area contributed by atoms with Gasteiger partial charge in [0, 0.05) is 63.2 Å². The highest BCUT2D eigenvalue weighted by molar-refractivity contribution is 9.10. The fourth-order valence-electron chi connectivity index (χ4n) is 4.22. The molecule has 2 N–H and O–H groups in total. The summed E-state index contributed by atoms with van der Waals surface area (Å²) < 4.78 is 26.7. The molecule has 0 saturated carbocycles. The quantitative estimate of drug-likeness (QED) is 0.325. The number of hydrogen-bond donors (Lipinski definition) is 2. The van der Waals surface area contributed by atoms with E-state index in [1.807, 2.05) is 12.1 Å². The van der Waals surface area contributed by atoms with Crippen LogP contribution in [0, 0.1) is 0 Å². The second-order valence-electron chi connectivity index (χ2n) is 9.10. The number of hydrogen-bond acceptors (Lipinski definition) is 10. The van der Waals surface area contributed by atoms with Crippen LogP contribution in [0.3, 0.4) is 0 Å². The van der Waals surface area contributed by atoms with E-state index in [4.69, 9.17) is 0 Å². The number of piperazine rings is 1. The van der Waals surface area contributed by atoms with E-state index in [-0.39, 0.29) is 0 Å². The van der Waals surface area contributed by atoms with Gasteiger partial charge in [0.25, 0.3) is 0 Å². The summed E-state index contributed by atoms with van der Waals surface area (Å²) in [4.78, 5) is 22.5. The number of rotatable bonds is 7. The molecule has 5 rings (SSSR count). The Bertz CT molecular complexity index is 1580. The van der Waals surface area contributed by atoms with Gasteiger partial charge in [-0.3, -0.25) is 14.3 Å². The van der Waals surface area contributed by atoms with Crippen molar-refractivity contribution in [3.05, 3.63) is 59.5 Å². The zero-order valence-corrected chi connectivity index (χ0v) is 23.7. The number of nitrogens with zero attached hydrogens (tertiary/aromatic N) is 7. The first-order valence-electron chi connectivity index (χ1n) is 12.0. The van der Waals surface area contributed by atoms with E-state index in [0.29, 0.717) is 38.6 Å². The zero-order valence-electron chi connectivity index (χ0n) is 21.3. The molecule has 38 heavy (non-hydrogen) atoms. The average molecular weight is 599 g/mol. The summed E-state index contributed by atoms with van der Waals surface area (Å²) >= 11 is 3.51. The lowest BCUT2D eigenvalue weighted by molar-refractivity contribution is 0.313. The van der Waals surface area contributed by atoms with Gasteiger partial charge in [-0.15, -0.1) is 0 Å². The van der Waals surface area contributed by atoms with Gasteiger partial charge in [0.2, 0.25) is 16.0 Å². The van der Waals surface area contributed by atoms with E-state index < -0.39 is 10.0 Å². The summed E-state index contributed by atoms with van der Waals surface area (Å²) in [6.45, 7) is 4.01. The lowest BCUT2D eigenvalue weighted by Crippen LogP contribution is -2.44. The number of anilines is 6. The smallest absolute Gasteiger partial charge is 0.232 e. The van der Waals surface area contributed by atoms with Crippen LogP contribution in [-0.4, -0.2) is 79.8 Å². The predicted octanol–water partition coefficient (Wildman–Crippen LogP) is 3.82. The molecule has 0 spiro atoms. The van der Waals surface area contributed by atoms with Gasteiger partial charge in [0.15, 0.2) is 0 Å². The van der Waals surface area contributed by atoms with Gasteiger partial charge in [-0.25, -0.2) is 13.4 Å². The van der Waals surface area contributed by atoms with Gasteiger partial charge in [-0.2, -0.15) is 4.98 Å². The van der Waals surface area contributed by atoms with Gasteiger partial charge >= 0.3 is 0 Å². The molecule has 0 unspecified atom stereocenters. The van der Waals surface area contributed by atoms with Crippen molar-refractivity contribution in [2.24, 2.45) is 0 Å². The van der Waals surface area contributed by atoms with Crippen LogP contribution in [0.5, 0.6) is 0 Å². The molecule has 2 aromatic carbocycles. The van der Waals surface area contributed by atoms with Crippen molar-refractivity contribution in [3.63, 3.8) is 0 Å². The van der Waals surface area contributed by atoms with Crippen molar-refractivity contribution in [2.45, 2.75) is 0 Å². The highest BCUT2D eigenvalue weighted by Crippen LogP contribution is 2.36. The third-order valence-electron chi connectivity index (χ3n) is 6.39. The van der Waals surface area contributed by atoms with E-state index in [9.17, 15) is 8.42 Å². The molecule has 4 aromatic rings. The maximum Gasteiger partial charge on any atom is 0.232 e. The third kappa shape index (κ3) is 5.64. The molecule has 1 fully saturated rings. The molecule has 1 saturated heterocycles. The Morgan fingerprint density at radius 3 is 2.53 bits per heavy atom. The van der Waals surface area contributed by atoms with Crippen LogP contribution in [0.4, 0.5) is 34.5 Å². The molecular weight excluding hydrogens is 570 g/mol. The molecule has 1 aliphatic rings. The molecular formula is C25H28BrN9O2S. The molecule has 0 atom stereocenters. The van der Waals surface area contributed by atoms with Crippen molar-refractivity contribution < 1.29 is 8.42 Å². The van der Waals surface area contributed by atoms with Crippen LogP contribution in [0.1, 0.15) is 0 Å². The first-order valence-corrected chi connectivity index (χ1v) is 14.6. The Morgan fingerprint density at radius 1 is 1.00 bits per heavy atom. The summed E-state index contributed by atoms with van der Waals surface area (Å²) in [5.74, 6) is 0.855. The first-order chi connectivity index (χ1) is 18.2. The number of halogens is 1. The third-order valence-corrected chi connectivity index (χ3v) is 8.15. The van der Waals surface area contributed by atoms with E-state index in [1.54, 1.807) is 24.5 Å². The highest BCUT2D eigenvalue weighted by Gasteiger charge is 2.22. The molecule has 0 bridgehead atoms. The summed E-state index contributed by atoms with van der Waals surface area (Å²) in [5, 5.41) is 6.54. The van der Waals surface area contributed by atoms with E-state index >= 15 is 0 Å². The number of likely N-dealkylation sites (N-methyl/N-ethyl adjacent to an activating group) is 1. The van der Waals surface area contributed by atoms with Crippen LogP contribution in [0.25, 0.3) is 11.0 Å². The molecule has 11 nitrogen and oxygen atoms in total. The van der Waals surface area contributed by atoms with Crippen LogP contribution in [0.2, 0.25) is 0 Å². The molecule has 3 heterocycles. The number of aromatic nitrogens is 4. The molecule has 0 radical (unpaired) electrons. The maximum atomic E-state index is 12.5.